The van der Waals surface area contributed by atoms with Crippen LogP contribution in [0.4, 0.5) is 0 Å². The molecule has 1 aliphatic rings. The number of aliphatic hydroxyl groups is 1. The van der Waals surface area contributed by atoms with E-state index in [9.17, 15) is 4.79 Å². The predicted octanol–water partition coefficient (Wildman–Crippen LogP) is 2.71. The fourth-order valence-corrected chi connectivity index (χ4v) is 0.803. The molecule has 0 aliphatic heterocycles. The fourth-order valence-electron chi connectivity index (χ4n) is 0.803. The monoisotopic (exact) mass is 186 g/mol. The minimum Gasteiger partial charge on any atom is -0.394 e. The molecule has 0 fully saturated rings. The van der Waals surface area contributed by atoms with Crippen LogP contribution in [0, 0.1) is 0 Å². The number of hydrogen-bond donors (Lipinski definition) is 1. The summed E-state index contributed by atoms with van der Waals surface area (Å²) in [6.07, 6.45) is 6.08. The first-order chi connectivity index (χ1) is 6.16. The molecule has 0 aromatic carbocycles. The molecule has 1 rings (SSSR count). The Morgan fingerprint density at radius 3 is 2.08 bits per heavy atom. The normalized spacial score (nSPS) is 13.5. The van der Waals surface area contributed by atoms with Gasteiger partial charge >= 0.3 is 0 Å². The van der Waals surface area contributed by atoms with Gasteiger partial charge in [-0.2, -0.15) is 0 Å². The zero-order valence-electron chi connectivity index (χ0n) is 9.21. The van der Waals surface area contributed by atoms with Crippen LogP contribution in [-0.4, -0.2) is 17.5 Å². The van der Waals surface area contributed by atoms with E-state index in [1.165, 1.54) is 6.42 Å². The summed E-state index contributed by atoms with van der Waals surface area (Å²) in [6, 6.07) is 0. The van der Waals surface area contributed by atoms with Gasteiger partial charge in [0.25, 0.3) is 0 Å². The summed E-state index contributed by atoms with van der Waals surface area (Å²) in [4.78, 5) is 9.94. The van der Waals surface area contributed by atoms with E-state index in [1.54, 1.807) is 13.8 Å². The molecule has 1 N–H and O–H groups in total. The van der Waals surface area contributed by atoms with Crippen LogP contribution < -0.4 is 0 Å². The minimum absolute atomic E-state index is 0.167. The predicted molar refractivity (Wildman–Crippen MR) is 56.7 cm³/mol. The lowest BCUT2D eigenvalue weighted by atomic mass is 10.3. The van der Waals surface area contributed by atoms with Gasteiger partial charge < -0.3 is 5.11 Å². The first kappa shape index (κ1) is 14.9. The summed E-state index contributed by atoms with van der Waals surface area (Å²) < 4.78 is 0. The average molecular weight is 186 g/mol. The number of rotatable bonds is 1. The van der Waals surface area contributed by atoms with Crippen molar-refractivity contribution in [1.29, 1.82) is 0 Å². The molecule has 2 nitrogen and oxygen atoms in total. The highest BCUT2D eigenvalue weighted by Crippen LogP contribution is 2.14. The van der Waals surface area contributed by atoms with E-state index in [4.69, 9.17) is 5.11 Å². The molecule has 0 heterocycles. The number of hydrogen-bond acceptors (Lipinski definition) is 2. The van der Waals surface area contributed by atoms with Gasteiger partial charge in [-0.15, -0.1) is 0 Å². The summed E-state index contributed by atoms with van der Waals surface area (Å²) in [7, 11) is 0. The van der Waals surface area contributed by atoms with Gasteiger partial charge in [0.15, 0.2) is 0 Å². The Kier molecular flexibility index (Phi) is 13.0. The number of aldehydes is 1. The quantitative estimate of drug-likeness (QED) is 0.639. The van der Waals surface area contributed by atoms with Crippen LogP contribution in [0.2, 0.25) is 0 Å². The molecule has 0 saturated heterocycles. The van der Waals surface area contributed by atoms with Gasteiger partial charge in [-0.25, -0.2) is 0 Å². The van der Waals surface area contributed by atoms with E-state index in [-0.39, 0.29) is 6.10 Å². The molecule has 78 valence electrons. The second-order valence-corrected chi connectivity index (χ2v) is 2.88. The summed E-state index contributed by atoms with van der Waals surface area (Å²) in [5.74, 6) is 0. The number of allylic oxidation sites excluding steroid dienone is 2. The molecular weight excluding hydrogens is 164 g/mol. The molecule has 0 radical (unpaired) electrons. The van der Waals surface area contributed by atoms with Gasteiger partial charge in [0.05, 0.1) is 0 Å². The summed E-state index contributed by atoms with van der Waals surface area (Å²) in [6.45, 7) is 7.44. The molecule has 0 atom stereocenters. The van der Waals surface area contributed by atoms with Crippen molar-refractivity contribution in [3.05, 3.63) is 11.6 Å². The largest absolute Gasteiger partial charge is 0.394 e. The van der Waals surface area contributed by atoms with Crippen molar-refractivity contribution in [2.24, 2.45) is 0 Å². The first-order valence-corrected chi connectivity index (χ1v) is 4.99. The molecule has 2 heteroatoms. The number of carbonyl (C=O) groups excluding carboxylic acids is 1. The Morgan fingerprint density at radius 1 is 1.46 bits per heavy atom. The lowest BCUT2D eigenvalue weighted by molar-refractivity contribution is -0.105. The SMILES string of the molecule is CC.CC(C)O.O=CC1=CCCC1. The fraction of sp³-hybridized carbons (Fsp3) is 0.727. The zero-order valence-corrected chi connectivity index (χ0v) is 9.21. The smallest absolute Gasteiger partial charge is 0.145 e. The van der Waals surface area contributed by atoms with Crippen LogP contribution in [0.15, 0.2) is 11.6 Å². The van der Waals surface area contributed by atoms with Crippen LogP contribution >= 0.6 is 0 Å². The van der Waals surface area contributed by atoms with E-state index in [2.05, 4.69) is 0 Å². The maximum absolute atomic E-state index is 9.94. The molecular formula is C11H22O2. The Labute approximate surface area is 81.7 Å². The average Bonchev–Trinajstić information content (AvgIpc) is 2.58. The van der Waals surface area contributed by atoms with Crippen molar-refractivity contribution in [3.8, 4) is 0 Å². The van der Waals surface area contributed by atoms with Crippen LogP contribution in [-0.2, 0) is 4.79 Å². The van der Waals surface area contributed by atoms with E-state index in [0.29, 0.717) is 0 Å². The van der Waals surface area contributed by atoms with Gasteiger partial charge in [-0.05, 0) is 38.7 Å². The maximum atomic E-state index is 9.94. The van der Waals surface area contributed by atoms with Gasteiger partial charge in [0, 0.05) is 6.10 Å². The molecule has 0 spiro atoms. The van der Waals surface area contributed by atoms with E-state index in [0.717, 1.165) is 24.7 Å². The van der Waals surface area contributed by atoms with Gasteiger partial charge in [-0.1, -0.05) is 19.9 Å². The van der Waals surface area contributed by atoms with Crippen LogP contribution in [0.1, 0.15) is 47.0 Å². The highest BCUT2D eigenvalue weighted by molar-refractivity contribution is 5.73. The zero-order chi connectivity index (χ0) is 10.7. The standard InChI is InChI=1S/C6H8O.C3H8O.C2H6/c7-5-6-3-1-2-4-6;1-3(2)4;1-2/h3,5H,1-2,4H2;3-4H,1-2H3;1-2H3. The van der Waals surface area contributed by atoms with Gasteiger partial charge in [0.2, 0.25) is 0 Å². The van der Waals surface area contributed by atoms with E-state index < -0.39 is 0 Å². The van der Waals surface area contributed by atoms with Crippen molar-refractivity contribution in [1.82, 2.24) is 0 Å². The first-order valence-electron chi connectivity index (χ1n) is 4.99. The summed E-state index contributed by atoms with van der Waals surface area (Å²) in [5.41, 5.74) is 0.986. The van der Waals surface area contributed by atoms with Crippen molar-refractivity contribution in [2.75, 3.05) is 0 Å². The Hall–Kier alpha value is -0.630. The Morgan fingerprint density at radius 2 is 1.92 bits per heavy atom. The lowest BCUT2D eigenvalue weighted by Crippen LogP contribution is -1.85. The topological polar surface area (TPSA) is 37.3 Å². The van der Waals surface area contributed by atoms with Crippen molar-refractivity contribution in [3.63, 3.8) is 0 Å². The second-order valence-electron chi connectivity index (χ2n) is 2.88. The van der Waals surface area contributed by atoms with Crippen molar-refractivity contribution < 1.29 is 9.90 Å². The molecule has 1 aliphatic carbocycles. The van der Waals surface area contributed by atoms with Crippen molar-refractivity contribution >= 4 is 6.29 Å². The lowest BCUT2D eigenvalue weighted by Gasteiger charge is -1.80. The highest BCUT2D eigenvalue weighted by atomic mass is 16.3. The third-order valence-electron chi connectivity index (χ3n) is 1.23. The molecule has 13 heavy (non-hydrogen) atoms. The van der Waals surface area contributed by atoms with E-state index in [1.807, 2.05) is 19.9 Å². The van der Waals surface area contributed by atoms with E-state index >= 15 is 0 Å². The molecule has 0 bridgehead atoms. The third kappa shape index (κ3) is 14.2. The molecule has 0 amide bonds. The minimum atomic E-state index is -0.167. The van der Waals surface area contributed by atoms with Crippen LogP contribution in [0.25, 0.3) is 0 Å². The van der Waals surface area contributed by atoms with Gasteiger partial charge in [-0.3, -0.25) is 4.79 Å². The van der Waals surface area contributed by atoms with Crippen molar-refractivity contribution in [2.45, 2.75) is 53.1 Å². The number of carbonyl (C=O) groups is 1. The molecule has 0 saturated carbocycles. The Bertz CT molecular complexity index is 134. The number of aliphatic hydroxyl groups excluding tert-OH is 1. The molecule has 0 aromatic rings. The summed E-state index contributed by atoms with van der Waals surface area (Å²) >= 11 is 0. The Balaban J connectivity index is 0. The third-order valence-corrected chi connectivity index (χ3v) is 1.23. The summed E-state index contributed by atoms with van der Waals surface area (Å²) in [5, 5.41) is 8.06. The van der Waals surface area contributed by atoms with Crippen LogP contribution in [0.5, 0.6) is 0 Å². The molecule has 0 unspecified atom stereocenters. The maximum Gasteiger partial charge on any atom is 0.145 e. The van der Waals surface area contributed by atoms with Gasteiger partial charge in [0.1, 0.15) is 6.29 Å². The second kappa shape index (κ2) is 11.4. The molecule has 0 aromatic heterocycles. The highest BCUT2D eigenvalue weighted by Gasteiger charge is 1.99. The van der Waals surface area contributed by atoms with Crippen LogP contribution in [0.3, 0.4) is 0 Å².